The molecule has 28 heavy (non-hydrogen) atoms. The Morgan fingerprint density at radius 3 is 1.36 bits per heavy atom. The smallest absolute Gasteiger partial charge is 0.150 e. The lowest BCUT2D eigenvalue weighted by molar-refractivity contribution is 0.112. The Bertz CT molecular complexity index is 1010. The molecular formula is C26H21NO. The van der Waals surface area contributed by atoms with Gasteiger partial charge in [0.25, 0.3) is 0 Å². The summed E-state index contributed by atoms with van der Waals surface area (Å²) >= 11 is 0. The van der Waals surface area contributed by atoms with Gasteiger partial charge >= 0.3 is 0 Å². The van der Waals surface area contributed by atoms with Crippen molar-refractivity contribution in [1.82, 2.24) is 0 Å². The molecule has 0 saturated heterocycles. The highest BCUT2D eigenvalue weighted by Gasteiger charge is 2.38. The van der Waals surface area contributed by atoms with E-state index in [0.29, 0.717) is 5.56 Å². The summed E-state index contributed by atoms with van der Waals surface area (Å²) < 4.78 is 0. The van der Waals surface area contributed by atoms with E-state index in [0.717, 1.165) is 34.2 Å². The van der Waals surface area contributed by atoms with E-state index in [2.05, 4.69) is 60.7 Å². The average Bonchev–Trinajstić information content (AvgIpc) is 2.77. The number of aldehydes is 1. The van der Waals surface area contributed by atoms with E-state index in [4.69, 9.17) is 5.73 Å². The van der Waals surface area contributed by atoms with Gasteiger partial charge in [0.2, 0.25) is 0 Å². The number of benzene rings is 4. The third-order valence-corrected chi connectivity index (χ3v) is 5.24. The van der Waals surface area contributed by atoms with Gasteiger partial charge in [-0.05, 0) is 34.4 Å². The van der Waals surface area contributed by atoms with Crippen LogP contribution in [0.25, 0.3) is 0 Å². The molecule has 0 heterocycles. The van der Waals surface area contributed by atoms with Gasteiger partial charge in [0.1, 0.15) is 6.29 Å². The molecule has 4 aromatic rings. The Kier molecular flexibility index (Phi) is 4.77. The van der Waals surface area contributed by atoms with Crippen molar-refractivity contribution in [1.29, 1.82) is 0 Å². The second kappa shape index (κ2) is 7.53. The zero-order chi connectivity index (χ0) is 19.4. The van der Waals surface area contributed by atoms with Gasteiger partial charge in [0.05, 0.1) is 5.41 Å². The van der Waals surface area contributed by atoms with Crippen molar-refractivity contribution >= 4 is 12.0 Å². The molecule has 0 spiro atoms. The lowest BCUT2D eigenvalue weighted by atomic mass is 9.65. The first-order chi connectivity index (χ1) is 13.7. The maximum Gasteiger partial charge on any atom is 0.150 e. The van der Waals surface area contributed by atoms with Crippen LogP contribution in [0.15, 0.2) is 109 Å². The van der Waals surface area contributed by atoms with Gasteiger partial charge in [0, 0.05) is 11.3 Å². The first-order valence-corrected chi connectivity index (χ1v) is 9.28. The fourth-order valence-corrected chi connectivity index (χ4v) is 3.92. The lowest BCUT2D eigenvalue weighted by Gasteiger charge is -2.37. The minimum Gasteiger partial charge on any atom is -0.399 e. The second-order valence-corrected chi connectivity index (χ2v) is 6.84. The van der Waals surface area contributed by atoms with Gasteiger partial charge in [-0.15, -0.1) is 0 Å². The van der Waals surface area contributed by atoms with E-state index in [9.17, 15) is 4.79 Å². The van der Waals surface area contributed by atoms with Crippen molar-refractivity contribution < 1.29 is 4.79 Å². The van der Waals surface area contributed by atoms with E-state index < -0.39 is 5.41 Å². The SMILES string of the molecule is Nc1ccc(C(c2ccccc2)(c2ccccc2)c2ccc(C=O)cc2)cc1. The fraction of sp³-hybridized carbons (Fsp3) is 0.0385. The Labute approximate surface area is 165 Å². The number of rotatable bonds is 5. The van der Waals surface area contributed by atoms with Crippen LogP contribution in [-0.2, 0) is 5.41 Å². The molecule has 0 aromatic heterocycles. The summed E-state index contributed by atoms with van der Waals surface area (Å²) in [6, 6.07) is 36.8. The first kappa shape index (κ1) is 17.7. The van der Waals surface area contributed by atoms with Crippen molar-refractivity contribution in [3.8, 4) is 0 Å². The summed E-state index contributed by atoms with van der Waals surface area (Å²) in [7, 11) is 0. The molecule has 0 unspecified atom stereocenters. The third-order valence-electron chi connectivity index (χ3n) is 5.24. The first-order valence-electron chi connectivity index (χ1n) is 9.28. The molecule has 0 aliphatic carbocycles. The van der Waals surface area contributed by atoms with Crippen LogP contribution >= 0.6 is 0 Å². The van der Waals surface area contributed by atoms with Gasteiger partial charge in [0.15, 0.2) is 0 Å². The van der Waals surface area contributed by atoms with Crippen molar-refractivity contribution in [3.05, 3.63) is 137 Å². The summed E-state index contributed by atoms with van der Waals surface area (Å²) in [6.07, 6.45) is 0.875. The van der Waals surface area contributed by atoms with Crippen LogP contribution in [0.1, 0.15) is 32.6 Å². The van der Waals surface area contributed by atoms with E-state index in [1.54, 1.807) is 0 Å². The zero-order valence-electron chi connectivity index (χ0n) is 15.5. The number of hydrogen-bond acceptors (Lipinski definition) is 2. The molecule has 4 rings (SSSR count). The number of anilines is 1. The quantitative estimate of drug-likeness (QED) is 0.290. The number of carbonyl (C=O) groups excluding carboxylic acids is 1. The lowest BCUT2D eigenvalue weighted by Crippen LogP contribution is -2.31. The van der Waals surface area contributed by atoms with Crippen LogP contribution < -0.4 is 5.73 Å². The van der Waals surface area contributed by atoms with Crippen LogP contribution in [0, 0.1) is 0 Å². The van der Waals surface area contributed by atoms with Crippen LogP contribution in [0.5, 0.6) is 0 Å². The van der Waals surface area contributed by atoms with E-state index in [1.807, 2.05) is 48.5 Å². The predicted molar refractivity (Wildman–Crippen MR) is 115 cm³/mol. The van der Waals surface area contributed by atoms with E-state index in [-0.39, 0.29) is 0 Å². The molecule has 0 radical (unpaired) electrons. The highest BCUT2D eigenvalue weighted by Crippen LogP contribution is 2.45. The minimum absolute atomic E-state index is 0.516. The number of nitrogen functional groups attached to an aromatic ring is 1. The number of hydrogen-bond donors (Lipinski definition) is 1. The highest BCUT2D eigenvalue weighted by molar-refractivity contribution is 5.75. The number of carbonyl (C=O) groups is 1. The van der Waals surface area contributed by atoms with Crippen molar-refractivity contribution in [2.24, 2.45) is 0 Å². The van der Waals surface area contributed by atoms with Gasteiger partial charge in [-0.3, -0.25) is 4.79 Å². The number of nitrogens with two attached hydrogens (primary N) is 1. The van der Waals surface area contributed by atoms with E-state index >= 15 is 0 Å². The average molecular weight is 363 g/mol. The van der Waals surface area contributed by atoms with Crippen LogP contribution in [0.2, 0.25) is 0 Å². The molecule has 0 bridgehead atoms. The van der Waals surface area contributed by atoms with Crippen LogP contribution in [0.4, 0.5) is 5.69 Å². The second-order valence-electron chi connectivity index (χ2n) is 6.84. The predicted octanol–water partition coefficient (Wildman–Crippen LogP) is 5.46. The maximum absolute atomic E-state index is 11.2. The molecule has 4 aromatic carbocycles. The highest BCUT2D eigenvalue weighted by atomic mass is 16.1. The molecular weight excluding hydrogens is 342 g/mol. The zero-order valence-corrected chi connectivity index (χ0v) is 15.5. The molecule has 0 amide bonds. The molecule has 2 N–H and O–H groups in total. The molecule has 0 saturated carbocycles. The Hall–Kier alpha value is -3.65. The van der Waals surface area contributed by atoms with Gasteiger partial charge in [-0.2, -0.15) is 0 Å². The minimum atomic E-state index is -0.516. The Balaban J connectivity index is 2.10. The van der Waals surface area contributed by atoms with Crippen molar-refractivity contribution in [2.75, 3.05) is 5.73 Å². The summed E-state index contributed by atoms with van der Waals surface area (Å²) in [4.78, 5) is 11.2. The molecule has 0 atom stereocenters. The van der Waals surface area contributed by atoms with Crippen LogP contribution in [-0.4, -0.2) is 6.29 Å². The standard InChI is InChI=1S/C26H21NO/c27-25-17-15-24(16-18-25)26(21-7-3-1-4-8-21,22-9-5-2-6-10-22)23-13-11-20(19-28)12-14-23/h1-19H,27H2. The largest absolute Gasteiger partial charge is 0.399 e. The van der Waals surface area contributed by atoms with Gasteiger partial charge in [-0.25, -0.2) is 0 Å². The Morgan fingerprint density at radius 2 is 0.929 bits per heavy atom. The van der Waals surface area contributed by atoms with Gasteiger partial charge in [-0.1, -0.05) is 97.1 Å². The van der Waals surface area contributed by atoms with E-state index in [1.165, 1.54) is 0 Å². The summed E-state index contributed by atoms with van der Waals surface area (Å²) in [5.74, 6) is 0. The normalized spacial score (nSPS) is 11.1. The fourth-order valence-electron chi connectivity index (χ4n) is 3.92. The van der Waals surface area contributed by atoms with Gasteiger partial charge < -0.3 is 5.73 Å². The third kappa shape index (κ3) is 2.99. The van der Waals surface area contributed by atoms with Crippen molar-refractivity contribution in [3.63, 3.8) is 0 Å². The maximum atomic E-state index is 11.2. The summed E-state index contributed by atoms with van der Waals surface area (Å²) in [6.45, 7) is 0. The molecule has 0 aliphatic rings. The molecule has 0 fully saturated rings. The Morgan fingerprint density at radius 1 is 0.536 bits per heavy atom. The molecule has 0 aliphatic heterocycles. The van der Waals surface area contributed by atoms with Crippen molar-refractivity contribution in [2.45, 2.75) is 5.41 Å². The molecule has 2 heteroatoms. The summed E-state index contributed by atoms with van der Waals surface area (Å²) in [5.41, 5.74) is 11.4. The monoisotopic (exact) mass is 363 g/mol. The topological polar surface area (TPSA) is 43.1 Å². The molecule has 136 valence electrons. The molecule has 2 nitrogen and oxygen atoms in total. The van der Waals surface area contributed by atoms with Crippen LogP contribution in [0.3, 0.4) is 0 Å². The summed E-state index contributed by atoms with van der Waals surface area (Å²) in [5, 5.41) is 0.